The van der Waals surface area contributed by atoms with Crippen LogP contribution in [0.4, 0.5) is 0 Å². The lowest BCUT2D eigenvalue weighted by molar-refractivity contribution is 1.03. The van der Waals surface area contributed by atoms with Gasteiger partial charge in [0.1, 0.15) is 0 Å². The van der Waals surface area contributed by atoms with Gasteiger partial charge in [0.2, 0.25) is 0 Å². The monoisotopic (exact) mass is 199 g/mol. The zero-order chi connectivity index (χ0) is 10.7. The number of nitrogens with one attached hydrogen (secondary N) is 1. The van der Waals surface area contributed by atoms with Crippen LogP contribution >= 0.6 is 0 Å². The van der Waals surface area contributed by atoms with Crippen molar-refractivity contribution in [2.75, 3.05) is 0 Å². The number of H-pyrrole nitrogens is 1. The molecule has 0 fully saturated rings. The quantitative estimate of drug-likeness (QED) is 0.790. The second kappa shape index (κ2) is 4.13. The first kappa shape index (κ1) is 9.71. The molecule has 0 saturated carbocycles. The van der Waals surface area contributed by atoms with Gasteiger partial charge in [-0.05, 0) is 18.6 Å². The summed E-state index contributed by atoms with van der Waals surface area (Å²) in [6.07, 6.45) is 0.774. The average Bonchev–Trinajstić information content (AvgIpc) is 2.25. The second-order valence-electron chi connectivity index (χ2n) is 3.66. The van der Waals surface area contributed by atoms with Crippen LogP contribution in [-0.2, 0) is 6.42 Å². The van der Waals surface area contributed by atoms with Gasteiger partial charge >= 0.3 is 0 Å². The normalized spacial score (nSPS) is 10.2. The Balaban J connectivity index is 2.26. The Labute approximate surface area is 88.6 Å². The standard InChI is InChI=1S/C13H13NO/c1-10-7-8-12(14-13(10)15)9-11-5-3-2-4-6-11/h2-8H,9H2,1H3,(H,14,15). The number of rotatable bonds is 2. The molecule has 0 bridgehead atoms. The van der Waals surface area contributed by atoms with Crippen molar-refractivity contribution in [1.82, 2.24) is 4.98 Å². The number of benzene rings is 1. The first-order valence-electron chi connectivity index (χ1n) is 4.98. The van der Waals surface area contributed by atoms with Crippen molar-refractivity contribution in [1.29, 1.82) is 0 Å². The van der Waals surface area contributed by atoms with Crippen LogP contribution in [0.15, 0.2) is 47.3 Å². The van der Waals surface area contributed by atoms with Crippen molar-refractivity contribution in [3.05, 3.63) is 69.6 Å². The minimum Gasteiger partial charge on any atom is -0.326 e. The number of aryl methyl sites for hydroxylation is 1. The summed E-state index contributed by atoms with van der Waals surface area (Å²) < 4.78 is 0. The molecule has 0 spiro atoms. The van der Waals surface area contributed by atoms with E-state index < -0.39 is 0 Å². The maximum Gasteiger partial charge on any atom is 0.251 e. The molecule has 2 heteroatoms. The number of hydrogen-bond donors (Lipinski definition) is 1. The van der Waals surface area contributed by atoms with E-state index in [1.807, 2.05) is 37.3 Å². The van der Waals surface area contributed by atoms with Crippen molar-refractivity contribution in [2.24, 2.45) is 0 Å². The summed E-state index contributed by atoms with van der Waals surface area (Å²) in [5.74, 6) is 0. The van der Waals surface area contributed by atoms with E-state index in [1.165, 1.54) is 5.56 Å². The molecule has 0 atom stereocenters. The Bertz CT molecular complexity index is 499. The van der Waals surface area contributed by atoms with Crippen molar-refractivity contribution in [3.8, 4) is 0 Å². The van der Waals surface area contributed by atoms with E-state index in [4.69, 9.17) is 0 Å². The lowest BCUT2D eigenvalue weighted by Gasteiger charge is -2.01. The summed E-state index contributed by atoms with van der Waals surface area (Å²) in [5, 5.41) is 0. The number of aromatic nitrogens is 1. The van der Waals surface area contributed by atoms with Crippen LogP contribution in [0.3, 0.4) is 0 Å². The molecule has 2 rings (SSSR count). The minimum atomic E-state index is 0.00318. The molecule has 0 amide bonds. The van der Waals surface area contributed by atoms with Gasteiger partial charge in [-0.15, -0.1) is 0 Å². The molecule has 15 heavy (non-hydrogen) atoms. The third kappa shape index (κ3) is 2.34. The van der Waals surface area contributed by atoms with Gasteiger partial charge in [-0.25, -0.2) is 0 Å². The molecule has 76 valence electrons. The van der Waals surface area contributed by atoms with Crippen molar-refractivity contribution in [2.45, 2.75) is 13.3 Å². The van der Waals surface area contributed by atoms with Crippen LogP contribution in [-0.4, -0.2) is 4.98 Å². The molecule has 1 N–H and O–H groups in total. The van der Waals surface area contributed by atoms with Crippen LogP contribution < -0.4 is 5.56 Å². The minimum absolute atomic E-state index is 0.00318. The summed E-state index contributed by atoms with van der Waals surface area (Å²) in [4.78, 5) is 14.2. The molecular weight excluding hydrogens is 186 g/mol. The molecule has 1 aromatic carbocycles. The zero-order valence-corrected chi connectivity index (χ0v) is 8.66. The number of aromatic amines is 1. The Morgan fingerprint density at radius 3 is 2.47 bits per heavy atom. The van der Waals surface area contributed by atoms with Gasteiger partial charge in [0, 0.05) is 17.7 Å². The molecule has 0 radical (unpaired) electrons. The third-order valence-corrected chi connectivity index (χ3v) is 2.40. The molecule has 1 aromatic heterocycles. The lowest BCUT2D eigenvalue weighted by atomic mass is 10.1. The van der Waals surface area contributed by atoms with Crippen molar-refractivity contribution < 1.29 is 0 Å². The average molecular weight is 199 g/mol. The van der Waals surface area contributed by atoms with Gasteiger partial charge in [-0.1, -0.05) is 36.4 Å². The van der Waals surface area contributed by atoms with E-state index in [0.717, 1.165) is 17.7 Å². The van der Waals surface area contributed by atoms with Crippen LogP contribution in [0.2, 0.25) is 0 Å². The molecule has 0 aliphatic heterocycles. The van der Waals surface area contributed by atoms with Gasteiger partial charge in [-0.3, -0.25) is 4.79 Å². The fourth-order valence-corrected chi connectivity index (χ4v) is 1.51. The molecule has 2 aromatic rings. The third-order valence-electron chi connectivity index (χ3n) is 2.40. The van der Waals surface area contributed by atoms with Gasteiger partial charge in [0.25, 0.3) is 5.56 Å². The summed E-state index contributed by atoms with van der Waals surface area (Å²) >= 11 is 0. The molecule has 2 nitrogen and oxygen atoms in total. The molecular formula is C13H13NO. The fourth-order valence-electron chi connectivity index (χ4n) is 1.51. The highest BCUT2D eigenvalue weighted by atomic mass is 16.1. The Morgan fingerprint density at radius 2 is 1.80 bits per heavy atom. The first-order chi connectivity index (χ1) is 7.25. The van der Waals surface area contributed by atoms with Gasteiger partial charge in [0.15, 0.2) is 0 Å². The van der Waals surface area contributed by atoms with E-state index in [2.05, 4.69) is 17.1 Å². The van der Waals surface area contributed by atoms with Crippen LogP contribution in [0.5, 0.6) is 0 Å². The van der Waals surface area contributed by atoms with E-state index in [1.54, 1.807) is 0 Å². The van der Waals surface area contributed by atoms with Crippen molar-refractivity contribution in [3.63, 3.8) is 0 Å². The number of hydrogen-bond acceptors (Lipinski definition) is 1. The van der Waals surface area contributed by atoms with E-state index in [-0.39, 0.29) is 5.56 Å². The first-order valence-corrected chi connectivity index (χ1v) is 4.98. The van der Waals surface area contributed by atoms with E-state index in [0.29, 0.717) is 0 Å². The van der Waals surface area contributed by atoms with E-state index in [9.17, 15) is 4.79 Å². The number of pyridine rings is 1. The predicted octanol–water partition coefficient (Wildman–Crippen LogP) is 2.27. The highest BCUT2D eigenvalue weighted by molar-refractivity contribution is 5.22. The Kier molecular flexibility index (Phi) is 2.68. The Hall–Kier alpha value is -1.83. The van der Waals surface area contributed by atoms with Gasteiger partial charge < -0.3 is 4.98 Å². The predicted molar refractivity (Wildman–Crippen MR) is 61.0 cm³/mol. The molecule has 0 aliphatic carbocycles. The van der Waals surface area contributed by atoms with Crippen LogP contribution in [0, 0.1) is 6.92 Å². The largest absolute Gasteiger partial charge is 0.326 e. The van der Waals surface area contributed by atoms with E-state index >= 15 is 0 Å². The zero-order valence-electron chi connectivity index (χ0n) is 8.66. The summed E-state index contributed by atoms with van der Waals surface area (Å²) in [5.41, 5.74) is 2.92. The van der Waals surface area contributed by atoms with Crippen LogP contribution in [0.1, 0.15) is 16.8 Å². The lowest BCUT2D eigenvalue weighted by Crippen LogP contribution is -2.11. The molecule has 0 saturated heterocycles. The van der Waals surface area contributed by atoms with Crippen LogP contribution in [0.25, 0.3) is 0 Å². The summed E-state index contributed by atoms with van der Waals surface area (Å²) in [6, 6.07) is 13.9. The maximum atomic E-state index is 11.4. The molecule has 0 aliphatic rings. The fraction of sp³-hybridized carbons (Fsp3) is 0.154. The highest BCUT2D eigenvalue weighted by Crippen LogP contribution is 2.05. The molecule has 0 unspecified atom stereocenters. The van der Waals surface area contributed by atoms with Gasteiger partial charge in [0.05, 0.1) is 0 Å². The van der Waals surface area contributed by atoms with Crippen molar-refractivity contribution >= 4 is 0 Å². The highest BCUT2D eigenvalue weighted by Gasteiger charge is 1.98. The summed E-state index contributed by atoms with van der Waals surface area (Å²) in [7, 11) is 0. The van der Waals surface area contributed by atoms with Gasteiger partial charge in [-0.2, -0.15) is 0 Å². The topological polar surface area (TPSA) is 32.9 Å². The maximum absolute atomic E-state index is 11.4. The smallest absolute Gasteiger partial charge is 0.251 e. The Morgan fingerprint density at radius 1 is 1.07 bits per heavy atom. The summed E-state index contributed by atoms with van der Waals surface area (Å²) in [6.45, 7) is 1.81. The molecule has 1 heterocycles. The SMILES string of the molecule is Cc1ccc(Cc2ccccc2)[nH]c1=O. The second-order valence-corrected chi connectivity index (χ2v) is 3.66.